The average Bonchev–Trinajstić information content (AvgIpc) is 2.92. The lowest BCUT2D eigenvalue weighted by Crippen LogP contribution is -1.95. The monoisotopic (exact) mass is 227 g/mol. The summed E-state index contributed by atoms with van der Waals surface area (Å²) in [6.07, 6.45) is 6.29. The van der Waals surface area contributed by atoms with E-state index in [1.807, 2.05) is 17.7 Å². The van der Waals surface area contributed by atoms with Gasteiger partial charge in [-0.1, -0.05) is 6.92 Å². The van der Waals surface area contributed by atoms with Crippen molar-refractivity contribution in [3.63, 3.8) is 0 Å². The van der Waals surface area contributed by atoms with Gasteiger partial charge >= 0.3 is 0 Å². The van der Waals surface area contributed by atoms with Gasteiger partial charge in [-0.2, -0.15) is 0 Å². The second kappa shape index (κ2) is 3.69. The summed E-state index contributed by atoms with van der Waals surface area (Å²) < 4.78 is 1.94. The fourth-order valence-electron chi connectivity index (χ4n) is 1.93. The molecule has 86 valence electrons. The number of hydrogen-bond donors (Lipinski definition) is 1. The normalized spacial score (nSPS) is 11.2. The van der Waals surface area contributed by atoms with Gasteiger partial charge in [0, 0.05) is 11.9 Å². The first kappa shape index (κ1) is 10.0. The molecule has 0 aliphatic rings. The van der Waals surface area contributed by atoms with Gasteiger partial charge in [-0.25, -0.2) is 15.0 Å². The van der Waals surface area contributed by atoms with Crippen molar-refractivity contribution in [2.45, 2.75) is 20.3 Å². The highest BCUT2D eigenvalue weighted by atomic mass is 15.1. The molecule has 0 unspecified atom stereocenters. The predicted molar refractivity (Wildman–Crippen MR) is 65.1 cm³/mol. The number of rotatable bonds is 2. The standard InChI is InChI=1S/C12H13N5/c1-3-9-5-17(7-15-9)12-10-4-8(2)16-11(10)13-6-14-12/h4-7H,3H2,1-2H3,(H,13,14,16). The molecule has 0 amide bonds. The van der Waals surface area contributed by atoms with Crippen molar-refractivity contribution in [2.75, 3.05) is 0 Å². The van der Waals surface area contributed by atoms with Crippen LogP contribution < -0.4 is 0 Å². The zero-order valence-corrected chi connectivity index (χ0v) is 9.81. The van der Waals surface area contributed by atoms with E-state index < -0.39 is 0 Å². The van der Waals surface area contributed by atoms with E-state index in [4.69, 9.17) is 0 Å². The first-order valence-electron chi connectivity index (χ1n) is 5.61. The second-order valence-electron chi connectivity index (χ2n) is 4.04. The van der Waals surface area contributed by atoms with E-state index in [-0.39, 0.29) is 0 Å². The van der Waals surface area contributed by atoms with Crippen molar-refractivity contribution in [1.29, 1.82) is 0 Å². The molecule has 0 saturated carbocycles. The second-order valence-corrected chi connectivity index (χ2v) is 4.04. The molecular formula is C12H13N5. The summed E-state index contributed by atoms with van der Waals surface area (Å²) in [5, 5.41) is 1.02. The van der Waals surface area contributed by atoms with Crippen LogP contribution in [0.4, 0.5) is 0 Å². The third-order valence-corrected chi connectivity index (χ3v) is 2.78. The number of fused-ring (bicyclic) bond motifs is 1. The van der Waals surface area contributed by atoms with Crippen LogP contribution in [-0.2, 0) is 6.42 Å². The zero-order chi connectivity index (χ0) is 11.8. The van der Waals surface area contributed by atoms with Gasteiger partial charge in [0.15, 0.2) is 5.82 Å². The third-order valence-electron chi connectivity index (χ3n) is 2.78. The first-order valence-corrected chi connectivity index (χ1v) is 5.61. The molecule has 0 aliphatic heterocycles. The minimum Gasteiger partial charge on any atom is -0.343 e. The largest absolute Gasteiger partial charge is 0.343 e. The highest BCUT2D eigenvalue weighted by Gasteiger charge is 2.08. The lowest BCUT2D eigenvalue weighted by atomic mass is 10.3. The molecule has 5 heteroatoms. The Bertz CT molecular complexity index is 664. The number of nitrogens with zero attached hydrogens (tertiary/aromatic N) is 4. The summed E-state index contributed by atoms with van der Waals surface area (Å²) in [6.45, 7) is 4.10. The molecule has 0 radical (unpaired) electrons. The molecule has 3 heterocycles. The van der Waals surface area contributed by atoms with Crippen LogP contribution in [0.15, 0.2) is 24.9 Å². The minimum absolute atomic E-state index is 0.860. The number of imidazole rings is 1. The molecule has 17 heavy (non-hydrogen) atoms. The Morgan fingerprint density at radius 3 is 2.94 bits per heavy atom. The number of H-pyrrole nitrogens is 1. The number of hydrogen-bond acceptors (Lipinski definition) is 3. The lowest BCUT2D eigenvalue weighted by molar-refractivity contribution is 0.990. The number of aromatic nitrogens is 5. The van der Waals surface area contributed by atoms with Gasteiger partial charge in [-0.15, -0.1) is 0 Å². The van der Waals surface area contributed by atoms with Gasteiger partial charge in [0.05, 0.1) is 11.1 Å². The van der Waals surface area contributed by atoms with Crippen LogP contribution in [0.5, 0.6) is 0 Å². The molecule has 0 aromatic carbocycles. The van der Waals surface area contributed by atoms with E-state index in [9.17, 15) is 0 Å². The minimum atomic E-state index is 0.860. The highest BCUT2D eigenvalue weighted by Crippen LogP contribution is 2.19. The quantitative estimate of drug-likeness (QED) is 0.728. The van der Waals surface area contributed by atoms with Gasteiger partial charge in [0.2, 0.25) is 0 Å². The summed E-state index contributed by atoms with van der Waals surface area (Å²) >= 11 is 0. The number of nitrogens with one attached hydrogen (secondary N) is 1. The van der Waals surface area contributed by atoms with Gasteiger partial charge in [-0.05, 0) is 19.4 Å². The third kappa shape index (κ3) is 1.60. The lowest BCUT2D eigenvalue weighted by Gasteiger charge is -2.01. The smallest absolute Gasteiger partial charge is 0.150 e. The molecule has 0 bridgehead atoms. The molecule has 5 nitrogen and oxygen atoms in total. The van der Waals surface area contributed by atoms with Gasteiger partial charge in [0.1, 0.15) is 18.3 Å². The topological polar surface area (TPSA) is 59.4 Å². The number of aromatic amines is 1. The van der Waals surface area contributed by atoms with Crippen molar-refractivity contribution >= 4 is 11.0 Å². The summed E-state index contributed by atoms with van der Waals surface area (Å²) in [4.78, 5) is 16.1. The molecule has 0 aliphatic carbocycles. The summed E-state index contributed by atoms with van der Waals surface area (Å²) in [7, 11) is 0. The van der Waals surface area contributed by atoms with Crippen LogP contribution >= 0.6 is 0 Å². The first-order chi connectivity index (χ1) is 8.28. The molecule has 3 aromatic heterocycles. The maximum absolute atomic E-state index is 4.33. The SMILES string of the molecule is CCc1cn(-c2ncnc3[nH]c(C)cc23)cn1. The van der Waals surface area contributed by atoms with Crippen LogP contribution in [-0.4, -0.2) is 24.5 Å². The van der Waals surface area contributed by atoms with Crippen molar-refractivity contribution in [1.82, 2.24) is 24.5 Å². The maximum Gasteiger partial charge on any atom is 0.150 e. The van der Waals surface area contributed by atoms with Crippen LogP contribution in [0.1, 0.15) is 18.3 Å². The average molecular weight is 227 g/mol. The molecule has 3 aromatic rings. The van der Waals surface area contributed by atoms with Crippen molar-refractivity contribution < 1.29 is 0 Å². The molecular weight excluding hydrogens is 214 g/mol. The van der Waals surface area contributed by atoms with Crippen LogP contribution in [0.3, 0.4) is 0 Å². The Morgan fingerprint density at radius 1 is 1.29 bits per heavy atom. The Kier molecular flexibility index (Phi) is 2.18. The van der Waals surface area contributed by atoms with E-state index in [0.717, 1.165) is 34.7 Å². The Morgan fingerprint density at radius 2 is 2.18 bits per heavy atom. The van der Waals surface area contributed by atoms with Crippen molar-refractivity contribution in [2.24, 2.45) is 0 Å². The van der Waals surface area contributed by atoms with E-state index in [2.05, 4.69) is 32.9 Å². The fourth-order valence-corrected chi connectivity index (χ4v) is 1.93. The molecule has 0 atom stereocenters. The van der Waals surface area contributed by atoms with Gasteiger partial charge < -0.3 is 4.98 Å². The molecule has 3 rings (SSSR count). The van der Waals surface area contributed by atoms with Crippen LogP contribution in [0, 0.1) is 6.92 Å². The van der Waals surface area contributed by atoms with E-state index >= 15 is 0 Å². The summed E-state index contributed by atoms with van der Waals surface area (Å²) in [6, 6.07) is 2.05. The van der Waals surface area contributed by atoms with Crippen LogP contribution in [0.25, 0.3) is 16.9 Å². The summed E-state index contributed by atoms with van der Waals surface area (Å²) in [5.41, 5.74) is 3.00. The van der Waals surface area contributed by atoms with E-state index in [1.54, 1.807) is 12.7 Å². The van der Waals surface area contributed by atoms with Crippen LogP contribution in [0.2, 0.25) is 0 Å². The van der Waals surface area contributed by atoms with Gasteiger partial charge in [-0.3, -0.25) is 4.57 Å². The van der Waals surface area contributed by atoms with Crippen molar-refractivity contribution in [3.8, 4) is 5.82 Å². The fraction of sp³-hybridized carbons (Fsp3) is 0.250. The molecule has 0 saturated heterocycles. The van der Waals surface area contributed by atoms with Gasteiger partial charge in [0.25, 0.3) is 0 Å². The zero-order valence-electron chi connectivity index (χ0n) is 9.81. The Balaban J connectivity index is 2.22. The Hall–Kier alpha value is -2.17. The predicted octanol–water partition coefficient (Wildman–Crippen LogP) is 2.01. The van der Waals surface area contributed by atoms with Crippen molar-refractivity contribution in [3.05, 3.63) is 36.3 Å². The van der Waals surface area contributed by atoms with E-state index in [0.29, 0.717) is 0 Å². The molecule has 1 N–H and O–H groups in total. The van der Waals surface area contributed by atoms with E-state index in [1.165, 1.54) is 0 Å². The highest BCUT2D eigenvalue weighted by molar-refractivity contribution is 5.83. The number of aryl methyl sites for hydroxylation is 2. The summed E-state index contributed by atoms with van der Waals surface area (Å²) in [5.74, 6) is 0.867. The maximum atomic E-state index is 4.33. The molecule has 0 spiro atoms. The Labute approximate surface area is 98.6 Å². The molecule has 0 fully saturated rings.